The molecule has 0 unspecified atom stereocenters. The number of carbonyl (C=O) groups is 1. The molecule has 2 aromatic rings. The fourth-order valence-corrected chi connectivity index (χ4v) is 5.32. The van der Waals surface area contributed by atoms with Crippen molar-refractivity contribution in [2.45, 2.75) is 51.2 Å². The Morgan fingerprint density at radius 3 is 2.63 bits per heavy atom. The van der Waals surface area contributed by atoms with Crippen LogP contribution in [0.3, 0.4) is 0 Å². The van der Waals surface area contributed by atoms with Crippen molar-refractivity contribution in [1.82, 2.24) is 10.3 Å². The normalized spacial score (nSPS) is 22.3. The predicted molar refractivity (Wildman–Crippen MR) is 137 cm³/mol. The second kappa shape index (κ2) is 11.4. The number of pyridine rings is 1. The lowest BCUT2D eigenvalue weighted by molar-refractivity contribution is -0.123. The molecule has 35 heavy (non-hydrogen) atoms. The average molecular weight is 482 g/mol. The molecule has 0 radical (unpaired) electrons. The fraction of sp³-hybridized carbons (Fsp3) is 0.556. The van der Waals surface area contributed by atoms with E-state index in [0.29, 0.717) is 19.5 Å². The molecule has 0 spiro atoms. The molecule has 0 bridgehead atoms. The Morgan fingerprint density at radius 2 is 1.91 bits per heavy atom. The third-order valence-electron chi connectivity index (χ3n) is 7.34. The molecular formula is C27H36FN5O2. The second-order valence-corrected chi connectivity index (χ2v) is 9.79. The van der Waals surface area contributed by atoms with E-state index >= 15 is 0 Å². The largest absolute Gasteiger partial charge is 0.378 e. The van der Waals surface area contributed by atoms with Crippen molar-refractivity contribution in [2.24, 2.45) is 5.92 Å². The van der Waals surface area contributed by atoms with Gasteiger partial charge in [-0.15, -0.1) is 0 Å². The minimum Gasteiger partial charge on any atom is -0.378 e. The van der Waals surface area contributed by atoms with Crippen LogP contribution in [0.1, 0.15) is 44.1 Å². The van der Waals surface area contributed by atoms with Gasteiger partial charge in [-0.25, -0.2) is 9.37 Å². The first-order valence-corrected chi connectivity index (χ1v) is 13.0. The Hall–Kier alpha value is -2.71. The van der Waals surface area contributed by atoms with Gasteiger partial charge >= 0.3 is 0 Å². The number of alkyl halides is 1. The van der Waals surface area contributed by atoms with Crippen LogP contribution in [0.2, 0.25) is 0 Å². The van der Waals surface area contributed by atoms with Crippen molar-refractivity contribution in [1.29, 1.82) is 0 Å². The van der Waals surface area contributed by atoms with Crippen LogP contribution in [0.5, 0.6) is 0 Å². The first-order chi connectivity index (χ1) is 17.2. The van der Waals surface area contributed by atoms with E-state index in [4.69, 9.17) is 4.74 Å². The Bertz CT molecular complexity index is 1000. The number of hydrogen-bond acceptors (Lipinski definition) is 6. The molecular weight excluding hydrogens is 445 g/mol. The van der Waals surface area contributed by atoms with E-state index in [1.165, 1.54) is 6.42 Å². The molecule has 8 heteroatoms. The zero-order valence-corrected chi connectivity index (χ0v) is 20.3. The highest BCUT2D eigenvalue weighted by atomic mass is 19.1. The lowest BCUT2D eigenvalue weighted by atomic mass is 9.88. The van der Waals surface area contributed by atoms with E-state index in [9.17, 15) is 9.18 Å². The SMILES string of the molecule is F[C@@H]1CCNC1.O=C(C1CCCCC1)N1Cc2cccnc2Nc2ccc(N3CCOCC3)cc21. The number of amides is 1. The summed E-state index contributed by atoms with van der Waals surface area (Å²) in [4.78, 5) is 22.5. The van der Waals surface area contributed by atoms with Gasteiger partial charge in [-0.05, 0) is 50.1 Å². The lowest BCUT2D eigenvalue weighted by Crippen LogP contribution is -2.38. The van der Waals surface area contributed by atoms with Crippen molar-refractivity contribution in [3.63, 3.8) is 0 Å². The number of nitrogens with one attached hydrogen (secondary N) is 2. The molecule has 1 aromatic heterocycles. The lowest BCUT2D eigenvalue weighted by Gasteiger charge is -2.32. The zero-order chi connectivity index (χ0) is 24.0. The van der Waals surface area contributed by atoms with Gasteiger partial charge in [0.1, 0.15) is 12.0 Å². The topological polar surface area (TPSA) is 69.7 Å². The maximum absolute atomic E-state index is 13.6. The number of aromatic nitrogens is 1. The van der Waals surface area contributed by atoms with Gasteiger partial charge in [0.15, 0.2) is 0 Å². The fourth-order valence-electron chi connectivity index (χ4n) is 5.32. The van der Waals surface area contributed by atoms with Crippen molar-refractivity contribution >= 4 is 28.8 Å². The molecule has 1 amide bonds. The third-order valence-corrected chi connectivity index (χ3v) is 7.34. The molecule has 3 fully saturated rings. The summed E-state index contributed by atoms with van der Waals surface area (Å²) in [6.07, 6.45) is 7.50. The second-order valence-electron chi connectivity index (χ2n) is 9.79. The van der Waals surface area contributed by atoms with Gasteiger partial charge in [-0.3, -0.25) is 4.79 Å². The Balaban J connectivity index is 0.000000371. The number of morpholine rings is 1. The molecule has 3 aliphatic heterocycles. The maximum atomic E-state index is 13.6. The molecule has 4 aliphatic rings. The Kier molecular flexibility index (Phi) is 7.79. The van der Waals surface area contributed by atoms with Crippen LogP contribution in [-0.4, -0.2) is 56.5 Å². The maximum Gasteiger partial charge on any atom is 0.230 e. The van der Waals surface area contributed by atoms with E-state index in [-0.39, 0.29) is 11.8 Å². The van der Waals surface area contributed by atoms with E-state index in [1.807, 2.05) is 11.0 Å². The number of ether oxygens (including phenoxy) is 1. The number of halogens is 1. The number of benzene rings is 1. The molecule has 188 valence electrons. The van der Waals surface area contributed by atoms with Gasteiger partial charge in [0, 0.05) is 43.0 Å². The number of fused-ring (bicyclic) bond motifs is 2. The summed E-state index contributed by atoms with van der Waals surface area (Å²) in [7, 11) is 0. The highest BCUT2D eigenvalue weighted by Gasteiger charge is 2.31. The first kappa shape index (κ1) is 24.0. The Morgan fingerprint density at radius 1 is 1.09 bits per heavy atom. The Labute approximate surface area is 207 Å². The van der Waals surface area contributed by atoms with Gasteiger partial charge in [0.05, 0.1) is 31.1 Å². The van der Waals surface area contributed by atoms with Crippen LogP contribution in [0.25, 0.3) is 0 Å². The molecule has 1 aliphatic carbocycles. The molecule has 1 saturated carbocycles. The molecule has 7 nitrogen and oxygen atoms in total. The zero-order valence-electron chi connectivity index (χ0n) is 20.3. The molecule has 4 heterocycles. The number of nitrogens with zero attached hydrogens (tertiary/aromatic N) is 3. The van der Waals surface area contributed by atoms with Gasteiger partial charge in [0.2, 0.25) is 5.91 Å². The third kappa shape index (κ3) is 5.76. The molecule has 1 aromatic carbocycles. The summed E-state index contributed by atoms with van der Waals surface area (Å²) in [6, 6.07) is 10.4. The van der Waals surface area contributed by atoms with Gasteiger partial charge in [0.25, 0.3) is 0 Å². The smallest absolute Gasteiger partial charge is 0.230 e. The first-order valence-electron chi connectivity index (χ1n) is 13.0. The minimum atomic E-state index is -0.565. The van der Waals surface area contributed by atoms with Crippen LogP contribution in [0, 0.1) is 5.92 Å². The summed E-state index contributed by atoms with van der Waals surface area (Å²) in [5, 5.41) is 6.37. The van der Waals surface area contributed by atoms with Gasteiger partial charge in [-0.1, -0.05) is 25.3 Å². The highest BCUT2D eigenvalue weighted by molar-refractivity contribution is 6.00. The van der Waals surface area contributed by atoms with Crippen molar-refractivity contribution in [2.75, 3.05) is 54.5 Å². The number of rotatable bonds is 2. The van der Waals surface area contributed by atoms with Crippen molar-refractivity contribution in [3.05, 3.63) is 42.1 Å². The molecule has 1 atom stereocenters. The van der Waals surface area contributed by atoms with Crippen molar-refractivity contribution < 1.29 is 13.9 Å². The average Bonchev–Trinajstić information content (AvgIpc) is 3.33. The number of carbonyl (C=O) groups excluding carboxylic acids is 1. The van der Waals surface area contributed by atoms with Crippen LogP contribution in [0.4, 0.5) is 27.3 Å². The van der Waals surface area contributed by atoms with Crippen LogP contribution < -0.4 is 20.4 Å². The summed E-state index contributed by atoms with van der Waals surface area (Å²) in [6.45, 7) is 5.24. The van der Waals surface area contributed by atoms with E-state index in [0.717, 1.165) is 87.0 Å². The van der Waals surface area contributed by atoms with Gasteiger partial charge < -0.3 is 25.2 Å². The number of anilines is 4. The summed E-state index contributed by atoms with van der Waals surface area (Å²) >= 11 is 0. The monoisotopic (exact) mass is 481 g/mol. The minimum absolute atomic E-state index is 0.127. The molecule has 2 N–H and O–H groups in total. The predicted octanol–water partition coefficient (Wildman–Crippen LogP) is 4.41. The summed E-state index contributed by atoms with van der Waals surface area (Å²) in [5.41, 5.74) is 4.11. The van der Waals surface area contributed by atoms with Crippen molar-refractivity contribution in [3.8, 4) is 0 Å². The quantitative estimate of drug-likeness (QED) is 0.662. The van der Waals surface area contributed by atoms with E-state index < -0.39 is 6.17 Å². The highest BCUT2D eigenvalue weighted by Crippen LogP contribution is 2.39. The van der Waals surface area contributed by atoms with E-state index in [1.54, 1.807) is 6.20 Å². The van der Waals surface area contributed by atoms with Gasteiger partial charge in [-0.2, -0.15) is 0 Å². The van der Waals surface area contributed by atoms with E-state index in [2.05, 4.69) is 44.8 Å². The van der Waals surface area contributed by atoms with Crippen LogP contribution >= 0.6 is 0 Å². The van der Waals surface area contributed by atoms with Crippen LogP contribution in [-0.2, 0) is 16.1 Å². The summed E-state index contributed by atoms with van der Waals surface area (Å²) < 4.78 is 17.4. The molecule has 6 rings (SSSR count). The standard InChI is InChI=1S/C23H28N4O2.C4H8FN/c28-23(17-5-2-1-3-6-17)27-16-18-7-4-10-24-22(18)25-20-9-8-19(15-21(20)27)26-11-13-29-14-12-26;5-4-1-2-6-3-4/h4,7-10,15,17H,1-3,5-6,11-14,16H2,(H,24,25);4,6H,1-3H2/t;4-/m.1/s1. The summed E-state index contributed by atoms with van der Waals surface area (Å²) in [5.74, 6) is 1.22. The molecule has 2 saturated heterocycles. The van der Waals surface area contributed by atoms with Crippen LogP contribution in [0.15, 0.2) is 36.5 Å². The number of hydrogen-bond donors (Lipinski definition) is 2.